The van der Waals surface area contributed by atoms with Crippen LogP contribution in [-0.2, 0) is 6.54 Å². The van der Waals surface area contributed by atoms with Gasteiger partial charge in [0.1, 0.15) is 0 Å². The second-order valence-corrected chi connectivity index (χ2v) is 7.29. The summed E-state index contributed by atoms with van der Waals surface area (Å²) >= 11 is 1.96. The summed E-state index contributed by atoms with van der Waals surface area (Å²) in [6, 6.07) is 11.2. The van der Waals surface area contributed by atoms with Crippen LogP contribution in [0.4, 0.5) is 0 Å². The molecule has 0 saturated carbocycles. The van der Waals surface area contributed by atoms with E-state index in [0.29, 0.717) is 5.92 Å². The number of nitrogens with zero attached hydrogens (tertiary/aromatic N) is 1. The van der Waals surface area contributed by atoms with Gasteiger partial charge in [0.2, 0.25) is 0 Å². The maximum atomic E-state index is 2.41. The maximum absolute atomic E-state index is 2.41. The quantitative estimate of drug-likeness (QED) is 0.662. The largest absolute Gasteiger partial charge is 0.302 e. The van der Waals surface area contributed by atoms with Crippen LogP contribution >= 0.6 is 11.3 Å². The van der Waals surface area contributed by atoms with Crippen molar-refractivity contribution in [1.29, 1.82) is 0 Å². The van der Waals surface area contributed by atoms with E-state index < -0.39 is 0 Å². The number of thiophene rings is 1. The molecule has 0 radical (unpaired) electrons. The molecule has 0 spiro atoms. The van der Waals surface area contributed by atoms with Crippen LogP contribution in [0.15, 0.2) is 30.3 Å². The molecule has 2 aromatic rings. The van der Waals surface area contributed by atoms with E-state index in [-0.39, 0.29) is 0 Å². The number of rotatable bonds is 6. The average Bonchev–Trinajstić information content (AvgIpc) is 2.82. The zero-order valence-electron chi connectivity index (χ0n) is 13.9. The predicted octanol–water partition coefficient (Wildman–Crippen LogP) is 5.69. The Morgan fingerprint density at radius 2 is 1.90 bits per heavy atom. The molecule has 0 aliphatic rings. The topological polar surface area (TPSA) is 3.24 Å². The van der Waals surface area contributed by atoms with Gasteiger partial charge in [0.15, 0.2) is 0 Å². The van der Waals surface area contributed by atoms with Gasteiger partial charge in [-0.05, 0) is 55.6 Å². The van der Waals surface area contributed by atoms with Crippen LogP contribution in [0.3, 0.4) is 0 Å². The Kier molecular flexibility index (Phi) is 5.60. The molecule has 0 atom stereocenters. The summed E-state index contributed by atoms with van der Waals surface area (Å²) in [5.74, 6) is 0.609. The van der Waals surface area contributed by atoms with Crippen molar-refractivity contribution in [3.8, 4) is 10.4 Å². The molecule has 0 amide bonds. The Bertz CT molecular complexity index is 583. The summed E-state index contributed by atoms with van der Waals surface area (Å²) in [4.78, 5) is 5.34. The molecule has 1 aromatic heterocycles. The smallest absolute Gasteiger partial charge is 0.0378 e. The number of aryl methyl sites for hydroxylation is 1. The monoisotopic (exact) mass is 301 g/mol. The lowest BCUT2D eigenvalue weighted by Crippen LogP contribution is -2.18. The van der Waals surface area contributed by atoms with E-state index in [2.05, 4.69) is 70.0 Å². The van der Waals surface area contributed by atoms with E-state index in [9.17, 15) is 0 Å². The van der Waals surface area contributed by atoms with Crippen molar-refractivity contribution < 1.29 is 0 Å². The third-order valence-corrected chi connectivity index (χ3v) is 5.38. The fourth-order valence-corrected chi connectivity index (χ4v) is 3.93. The highest BCUT2D eigenvalue weighted by Crippen LogP contribution is 2.37. The molecule has 2 rings (SSSR count). The number of benzene rings is 1. The molecule has 0 bridgehead atoms. The van der Waals surface area contributed by atoms with Gasteiger partial charge in [0, 0.05) is 16.3 Å². The second kappa shape index (κ2) is 7.24. The molecule has 1 heterocycles. The van der Waals surface area contributed by atoms with E-state index >= 15 is 0 Å². The van der Waals surface area contributed by atoms with Gasteiger partial charge in [0.25, 0.3) is 0 Å². The minimum atomic E-state index is 0.609. The fourth-order valence-electron chi connectivity index (χ4n) is 2.69. The predicted molar refractivity (Wildman–Crippen MR) is 95.2 cm³/mol. The molecule has 21 heavy (non-hydrogen) atoms. The Morgan fingerprint density at radius 1 is 1.19 bits per heavy atom. The van der Waals surface area contributed by atoms with E-state index in [4.69, 9.17) is 0 Å². The van der Waals surface area contributed by atoms with Crippen LogP contribution in [0.5, 0.6) is 0 Å². The standard InChI is InChI=1S/C19H27NS/c1-6-11-20(5)13-16-9-7-8-10-17(16)19-15(4)12-18(21-19)14(2)3/h7-10,12,14H,6,11,13H2,1-5H3. The van der Waals surface area contributed by atoms with Crippen molar-refractivity contribution in [1.82, 2.24) is 4.90 Å². The molecule has 0 saturated heterocycles. The van der Waals surface area contributed by atoms with E-state index in [0.717, 1.165) is 13.1 Å². The van der Waals surface area contributed by atoms with Crippen LogP contribution in [0, 0.1) is 6.92 Å². The van der Waals surface area contributed by atoms with Crippen LogP contribution in [0.1, 0.15) is 49.1 Å². The highest BCUT2D eigenvalue weighted by Gasteiger charge is 2.13. The Labute approximate surface area is 133 Å². The van der Waals surface area contributed by atoms with E-state index in [1.54, 1.807) is 0 Å². The Balaban J connectivity index is 2.35. The second-order valence-electron chi connectivity index (χ2n) is 6.21. The summed E-state index contributed by atoms with van der Waals surface area (Å²) in [5.41, 5.74) is 4.26. The average molecular weight is 301 g/mol. The summed E-state index contributed by atoms with van der Waals surface area (Å²) in [5, 5.41) is 0. The van der Waals surface area contributed by atoms with Crippen molar-refractivity contribution >= 4 is 11.3 Å². The molecule has 1 nitrogen and oxygen atoms in total. The van der Waals surface area contributed by atoms with E-state index in [1.165, 1.54) is 32.9 Å². The van der Waals surface area contributed by atoms with Gasteiger partial charge in [-0.2, -0.15) is 0 Å². The first-order valence-corrected chi connectivity index (χ1v) is 8.71. The van der Waals surface area contributed by atoms with Crippen molar-refractivity contribution in [2.24, 2.45) is 0 Å². The Morgan fingerprint density at radius 3 is 2.52 bits per heavy atom. The molecule has 0 aliphatic heterocycles. The molecule has 0 N–H and O–H groups in total. The van der Waals surface area contributed by atoms with Crippen molar-refractivity contribution in [2.45, 2.75) is 46.6 Å². The lowest BCUT2D eigenvalue weighted by atomic mass is 10.0. The first kappa shape index (κ1) is 16.3. The molecular formula is C19H27NS. The van der Waals surface area contributed by atoms with Crippen LogP contribution < -0.4 is 0 Å². The molecule has 114 valence electrons. The lowest BCUT2D eigenvalue weighted by Gasteiger charge is -2.18. The SMILES string of the molecule is CCCN(C)Cc1ccccc1-c1sc(C(C)C)cc1C. The van der Waals surface area contributed by atoms with Gasteiger partial charge < -0.3 is 4.90 Å². The van der Waals surface area contributed by atoms with Gasteiger partial charge in [-0.25, -0.2) is 0 Å². The normalized spacial score (nSPS) is 11.6. The van der Waals surface area contributed by atoms with Crippen LogP contribution in [0.2, 0.25) is 0 Å². The number of hydrogen-bond donors (Lipinski definition) is 0. The van der Waals surface area contributed by atoms with E-state index in [1.807, 2.05) is 11.3 Å². The third-order valence-electron chi connectivity index (χ3n) is 3.81. The summed E-state index contributed by atoms with van der Waals surface area (Å²) in [6.07, 6.45) is 1.20. The molecule has 1 aromatic carbocycles. The minimum Gasteiger partial charge on any atom is -0.302 e. The van der Waals surface area contributed by atoms with Crippen molar-refractivity contribution in [3.63, 3.8) is 0 Å². The molecule has 0 unspecified atom stereocenters. The maximum Gasteiger partial charge on any atom is 0.0378 e. The summed E-state index contributed by atoms with van der Waals surface area (Å²) in [6.45, 7) is 11.2. The minimum absolute atomic E-state index is 0.609. The van der Waals surface area contributed by atoms with Crippen LogP contribution in [-0.4, -0.2) is 18.5 Å². The molecule has 0 fully saturated rings. The third kappa shape index (κ3) is 3.96. The zero-order valence-corrected chi connectivity index (χ0v) is 14.8. The van der Waals surface area contributed by atoms with Gasteiger partial charge in [0.05, 0.1) is 0 Å². The molecule has 0 aliphatic carbocycles. The Hall–Kier alpha value is -1.12. The number of hydrogen-bond acceptors (Lipinski definition) is 2. The van der Waals surface area contributed by atoms with Crippen molar-refractivity contribution in [3.05, 3.63) is 46.3 Å². The first-order chi connectivity index (χ1) is 10.0. The van der Waals surface area contributed by atoms with Crippen LogP contribution in [0.25, 0.3) is 10.4 Å². The molecular weight excluding hydrogens is 274 g/mol. The summed E-state index contributed by atoms with van der Waals surface area (Å²) in [7, 11) is 2.21. The van der Waals surface area contributed by atoms with Crippen molar-refractivity contribution in [2.75, 3.05) is 13.6 Å². The highest BCUT2D eigenvalue weighted by atomic mass is 32.1. The van der Waals surface area contributed by atoms with Gasteiger partial charge in [-0.1, -0.05) is 45.0 Å². The lowest BCUT2D eigenvalue weighted by molar-refractivity contribution is 0.328. The van der Waals surface area contributed by atoms with Gasteiger partial charge >= 0.3 is 0 Å². The first-order valence-electron chi connectivity index (χ1n) is 7.90. The van der Waals surface area contributed by atoms with Gasteiger partial charge in [-0.3, -0.25) is 0 Å². The van der Waals surface area contributed by atoms with Gasteiger partial charge in [-0.15, -0.1) is 11.3 Å². The zero-order chi connectivity index (χ0) is 15.4. The fraction of sp³-hybridized carbons (Fsp3) is 0.474. The molecule has 2 heteroatoms. The summed E-state index contributed by atoms with van der Waals surface area (Å²) < 4.78 is 0. The highest BCUT2D eigenvalue weighted by molar-refractivity contribution is 7.15.